The number of anilines is 2. The highest BCUT2D eigenvalue weighted by Crippen LogP contribution is 2.39. The molecule has 0 fully saturated rings. The molecule has 27 heavy (non-hydrogen) atoms. The normalized spacial score (nSPS) is 16.4. The second-order valence-electron chi connectivity index (χ2n) is 6.29. The highest BCUT2D eigenvalue weighted by molar-refractivity contribution is 6.44. The molecular weight excluding hydrogens is 358 g/mol. The Hall–Kier alpha value is -3.11. The molecule has 0 saturated heterocycles. The van der Waals surface area contributed by atoms with Crippen LogP contribution in [0.25, 0.3) is 0 Å². The molecule has 1 unspecified atom stereocenters. The van der Waals surface area contributed by atoms with Crippen LogP contribution >= 0.6 is 11.6 Å². The zero-order valence-corrected chi connectivity index (χ0v) is 15.5. The Morgan fingerprint density at radius 3 is 2.04 bits per heavy atom. The van der Waals surface area contributed by atoms with E-state index in [2.05, 4.69) is 5.10 Å². The minimum atomic E-state index is -0.270. The zero-order chi connectivity index (χ0) is 18.8. The van der Waals surface area contributed by atoms with Crippen molar-refractivity contribution in [1.29, 1.82) is 0 Å². The van der Waals surface area contributed by atoms with Crippen LogP contribution in [0.5, 0.6) is 0 Å². The maximum absolute atomic E-state index is 12.4. The van der Waals surface area contributed by atoms with Crippen LogP contribution in [0.2, 0.25) is 5.02 Å². The van der Waals surface area contributed by atoms with Crippen molar-refractivity contribution in [1.82, 2.24) is 0 Å². The van der Waals surface area contributed by atoms with Gasteiger partial charge < -0.3 is 0 Å². The van der Waals surface area contributed by atoms with Crippen LogP contribution in [-0.2, 0) is 4.79 Å². The van der Waals surface area contributed by atoms with Crippen molar-refractivity contribution in [3.8, 4) is 0 Å². The average Bonchev–Trinajstić information content (AvgIpc) is 3.11. The molecule has 5 heteroatoms. The Morgan fingerprint density at radius 1 is 0.852 bits per heavy atom. The predicted octanol–water partition coefficient (Wildman–Crippen LogP) is 5.27. The summed E-state index contributed by atoms with van der Waals surface area (Å²) in [4.78, 5) is 14.4. The number of carbonyl (C=O) groups is 1. The van der Waals surface area contributed by atoms with Crippen LogP contribution in [0.4, 0.5) is 11.4 Å². The smallest absolute Gasteiger partial charge is 0.198 e. The fraction of sp³-hybridized carbons (Fsp3) is 0.0909. The van der Waals surface area contributed by atoms with E-state index in [0.29, 0.717) is 10.9 Å². The summed E-state index contributed by atoms with van der Waals surface area (Å²) in [5.74, 6) is 0.305. The summed E-state index contributed by atoms with van der Waals surface area (Å²) in [5.41, 5.74) is 2.82. The lowest BCUT2D eigenvalue weighted by molar-refractivity contribution is -0.111. The molecule has 0 aliphatic carbocycles. The van der Waals surface area contributed by atoms with Crippen LogP contribution in [0.3, 0.4) is 0 Å². The number of benzene rings is 3. The topological polar surface area (TPSA) is 35.9 Å². The molecule has 0 radical (unpaired) electrons. The molecule has 3 aromatic carbocycles. The molecule has 0 spiro atoms. The van der Waals surface area contributed by atoms with Crippen molar-refractivity contribution in [2.75, 3.05) is 9.91 Å². The number of hydrogen-bond donors (Lipinski definition) is 0. The van der Waals surface area contributed by atoms with E-state index in [9.17, 15) is 4.79 Å². The zero-order valence-electron chi connectivity index (χ0n) is 14.8. The molecule has 4 rings (SSSR count). The lowest BCUT2D eigenvalue weighted by Gasteiger charge is -2.32. The quantitative estimate of drug-likeness (QED) is 0.623. The molecular formula is C22H18ClN3O. The Kier molecular flexibility index (Phi) is 4.65. The van der Waals surface area contributed by atoms with Crippen molar-refractivity contribution in [2.24, 2.45) is 5.10 Å². The number of carbonyl (C=O) groups excluding carboxylic acids is 1. The van der Waals surface area contributed by atoms with E-state index < -0.39 is 0 Å². The number of hydrazone groups is 1. The number of halogens is 1. The van der Waals surface area contributed by atoms with Crippen LogP contribution < -0.4 is 9.91 Å². The Balaban J connectivity index is 1.89. The molecule has 1 atom stereocenters. The minimum Gasteiger partial charge on any atom is -0.295 e. The average molecular weight is 376 g/mol. The van der Waals surface area contributed by atoms with Gasteiger partial charge in [0.2, 0.25) is 0 Å². The largest absolute Gasteiger partial charge is 0.295 e. The third-order valence-electron chi connectivity index (χ3n) is 4.45. The summed E-state index contributed by atoms with van der Waals surface area (Å²) < 4.78 is 0. The third-order valence-corrected chi connectivity index (χ3v) is 4.70. The number of ketones is 1. The van der Waals surface area contributed by atoms with Gasteiger partial charge >= 0.3 is 0 Å². The lowest BCUT2D eigenvalue weighted by atomic mass is 10.1. The maximum Gasteiger partial charge on any atom is 0.198 e. The predicted molar refractivity (Wildman–Crippen MR) is 110 cm³/mol. The maximum atomic E-state index is 12.4. The molecule has 3 aromatic rings. The van der Waals surface area contributed by atoms with Gasteiger partial charge in [0.15, 0.2) is 17.8 Å². The van der Waals surface area contributed by atoms with Gasteiger partial charge in [0.1, 0.15) is 0 Å². The summed E-state index contributed by atoms with van der Waals surface area (Å²) in [6.07, 6.45) is -0.270. The van der Waals surface area contributed by atoms with Gasteiger partial charge in [0, 0.05) is 17.6 Å². The monoisotopic (exact) mass is 375 g/mol. The number of Topliss-reactive ketones (excluding diaryl/α,β-unsaturated/α-hetero) is 1. The molecule has 0 amide bonds. The Morgan fingerprint density at radius 2 is 1.44 bits per heavy atom. The van der Waals surface area contributed by atoms with Crippen LogP contribution in [0.15, 0.2) is 90.0 Å². The third kappa shape index (κ3) is 3.32. The van der Waals surface area contributed by atoms with Gasteiger partial charge in [0.05, 0.1) is 5.69 Å². The Bertz CT molecular complexity index is 971. The number of para-hydroxylation sites is 1. The van der Waals surface area contributed by atoms with Gasteiger partial charge in [-0.2, -0.15) is 0 Å². The second kappa shape index (κ2) is 7.25. The first-order valence-corrected chi connectivity index (χ1v) is 9.06. The van der Waals surface area contributed by atoms with Crippen LogP contribution in [0, 0.1) is 0 Å². The molecule has 0 N–H and O–H groups in total. The lowest BCUT2D eigenvalue weighted by Crippen LogP contribution is -2.37. The highest BCUT2D eigenvalue weighted by Gasteiger charge is 2.38. The van der Waals surface area contributed by atoms with E-state index in [4.69, 9.17) is 11.6 Å². The summed E-state index contributed by atoms with van der Waals surface area (Å²) in [5, 5.41) is 7.23. The van der Waals surface area contributed by atoms with E-state index in [-0.39, 0.29) is 11.9 Å². The first kappa shape index (κ1) is 17.3. The summed E-state index contributed by atoms with van der Waals surface area (Å²) in [7, 11) is 0. The number of amidine groups is 1. The Labute approximate surface area is 163 Å². The fourth-order valence-corrected chi connectivity index (χ4v) is 3.36. The first-order valence-electron chi connectivity index (χ1n) is 8.69. The van der Waals surface area contributed by atoms with E-state index in [1.54, 1.807) is 0 Å². The molecule has 134 valence electrons. The van der Waals surface area contributed by atoms with E-state index in [1.807, 2.05) is 94.8 Å². The molecule has 0 bridgehead atoms. The minimum absolute atomic E-state index is 0.0932. The van der Waals surface area contributed by atoms with E-state index in [1.165, 1.54) is 6.92 Å². The van der Waals surface area contributed by atoms with Gasteiger partial charge in [-0.1, -0.05) is 60.1 Å². The molecule has 1 heterocycles. The molecule has 1 aliphatic heterocycles. The molecule has 1 aliphatic rings. The standard InChI is InChI=1S/C22H18ClN3O/c1-16(27)21-24-26(20-10-6-3-7-11-20)22(17-8-4-2-5-9-17)25(21)19-14-12-18(23)13-15-19/h2-15,22H,1H3. The number of nitrogens with zero attached hydrogens (tertiary/aromatic N) is 3. The van der Waals surface area contributed by atoms with Gasteiger partial charge in [-0.15, -0.1) is 5.10 Å². The van der Waals surface area contributed by atoms with Crippen molar-refractivity contribution >= 4 is 34.6 Å². The first-order chi connectivity index (χ1) is 13.1. The summed E-state index contributed by atoms with van der Waals surface area (Å²) in [6.45, 7) is 1.54. The van der Waals surface area contributed by atoms with Gasteiger partial charge in [0.25, 0.3) is 0 Å². The van der Waals surface area contributed by atoms with E-state index >= 15 is 0 Å². The highest BCUT2D eigenvalue weighted by atomic mass is 35.5. The van der Waals surface area contributed by atoms with E-state index in [0.717, 1.165) is 16.9 Å². The number of hydrogen-bond acceptors (Lipinski definition) is 4. The van der Waals surface area contributed by atoms with Crippen molar-refractivity contribution in [2.45, 2.75) is 13.1 Å². The van der Waals surface area contributed by atoms with Gasteiger partial charge in [-0.3, -0.25) is 9.69 Å². The number of rotatable bonds is 4. The SMILES string of the molecule is CC(=O)C1=NN(c2ccccc2)C(c2ccccc2)N1c1ccc(Cl)cc1. The molecule has 0 aromatic heterocycles. The fourth-order valence-electron chi connectivity index (χ4n) is 3.23. The van der Waals surface area contributed by atoms with Crippen LogP contribution in [-0.4, -0.2) is 11.6 Å². The van der Waals surface area contributed by atoms with Gasteiger partial charge in [-0.25, -0.2) is 5.01 Å². The summed E-state index contributed by atoms with van der Waals surface area (Å²) >= 11 is 6.07. The van der Waals surface area contributed by atoms with Gasteiger partial charge in [-0.05, 0) is 42.0 Å². The molecule has 4 nitrogen and oxygen atoms in total. The van der Waals surface area contributed by atoms with Crippen molar-refractivity contribution in [3.05, 3.63) is 95.5 Å². The summed E-state index contributed by atoms with van der Waals surface area (Å²) in [6, 6.07) is 27.4. The second-order valence-corrected chi connectivity index (χ2v) is 6.73. The van der Waals surface area contributed by atoms with Crippen LogP contribution in [0.1, 0.15) is 18.7 Å². The molecule has 0 saturated carbocycles. The van der Waals surface area contributed by atoms with Crippen molar-refractivity contribution in [3.63, 3.8) is 0 Å². The van der Waals surface area contributed by atoms with Crippen molar-refractivity contribution < 1.29 is 4.79 Å².